The number of amides is 4. The van der Waals surface area contributed by atoms with E-state index >= 15 is 0 Å². The van der Waals surface area contributed by atoms with E-state index in [1.54, 1.807) is 4.90 Å². The number of hydrogen-bond donors (Lipinski definition) is 2. The van der Waals surface area contributed by atoms with Gasteiger partial charge >= 0.3 is 6.03 Å². The van der Waals surface area contributed by atoms with E-state index in [1.165, 1.54) is 4.90 Å². The number of fused-ring (bicyclic) bond motifs is 1. The van der Waals surface area contributed by atoms with Crippen molar-refractivity contribution in [3.05, 3.63) is 65.2 Å². The first-order chi connectivity index (χ1) is 15.5. The summed E-state index contributed by atoms with van der Waals surface area (Å²) in [5, 5.41) is 6.21. The third-order valence-electron chi connectivity index (χ3n) is 6.49. The molecule has 32 heavy (non-hydrogen) atoms. The topological polar surface area (TPSA) is 81.8 Å². The number of aryl methyl sites for hydroxylation is 1. The van der Waals surface area contributed by atoms with Gasteiger partial charge in [-0.25, -0.2) is 4.79 Å². The largest absolute Gasteiger partial charge is 0.327 e. The summed E-state index contributed by atoms with van der Waals surface area (Å²) in [5.74, 6) is -0.449. The summed E-state index contributed by atoms with van der Waals surface area (Å²) in [7, 11) is 0. The average Bonchev–Trinajstić information content (AvgIpc) is 2.80. The number of rotatable bonds is 6. The number of urea groups is 1. The van der Waals surface area contributed by atoms with Gasteiger partial charge in [0, 0.05) is 12.2 Å². The smallest absolute Gasteiger partial charge is 0.324 e. The van der Waals surface area contributed by atoms with Crippen LogP contribution in [-0.2, 0) is 16.0 Å². The van der Waals surface area contributed by atoms with Gasteiger partial charge in [-0.1, -0.05) is 42.5 Å². The normalized spacial score (nSPS) is 20.8. The van der Waals surface area contributed by atoms with Crippen LogP contribution in [0.2, 0.25) is 0 Å². The lowest BCUT2D eigenvalue weighted by molar-refractivity contribution is -0.138. The van der Waals surface area contributed by atoms with Gasteiger partial charge in [-0.2, -0.15) is 0 Å². The Morgan fingerprint density at radius 2 is 1.88 bits per heavy atom. The summed E-state index contributed by atoms with van der Waals surface area (Å²) in [6.45, 7) is 4.90. The Bertz CT molecular complexity index is 1010. The van der Waals surface area contributed by atoms with Gasteiger partial charge in [0.1, 0.15) is 12.6 Å². The molecule has 7 nitrogen and oxygen atoms in total. The van der Waals surface area contributed by atoms with E-state index in [9.17, 15) is 14.4 Å². The molecule has 2 atom stereocenters. The molecule has 2 aliphatic heterocycles. The molecule has 2 unspecified atom stereocenters. The summed E-state index contributed by atoms with van der Waals surface area (Å²) in [4.78, 5) is 42.2. The third-order valence-corrected chi connectivity index (χ3v) is 6.49. The lowest BCUT2D eigenvalue weighted by Gasteiger charge is -2.46. The Kier molecular flexibility index (Phi) is 6.55. The van der Waals surface area contributed by atoms with Crippen molar-refractivity contribution in [1.82, 2.24) is 15.1 Å². The van der Waals surface area contributed by atoms with Crippen molar-refractivity contribution in [2.45, 2.75) is 45.2 Å². The maximum Gasteiger partial charge on any atom is 0.327 e. The predicted molar refractivity (Wildman–Crippen MR) is 123 cm³/mol. The number of carbonyl (C=O) groups is 3. The maximum atomic E-state index is 13.3. The first kappa shape index (κ1) is 22.0. The molecule has 0 aromatic heterocycles. The minimum atomic E-state index is -0.467. The number of hydrogen-bond acceptors (Lipinski definition) is 4. The van der Waals surface area contributed by atoms with E-state index in [0.717, 1.165) is 35.3 Å². The summed E-state index contributed by atoms with van der Waals surface area (Å²) < 4.78 is 0. The molecule has 2 fully saturated rings. The number of benzene rings is 2. The fourth-order valence-corrected chi connectivity index (χ4v) is 4.53. The lowest BCUT2D eigenvalue weighted by atomic mass is 9.93. The fourth-order valence-electron chi connectivity index (χ4n) is 4.53. The number of imide groups is 1. The molecule has 2 aliphatic rings. The zero-order valence-electron chi connectivity index (χ0n) is 18.6. The third kappa shape index (κ3) is 4.53. The first-order valence-electron chi connectivity index (χ1n) is 11.2. The van der Waals surface area contributed by atoms with Crippen LogP contribution in [0.1, 0.15) is 29.5 Å². The number of nitrogens with zero attached hydrogens (tertiary/aromatic N) is 2. The second-order valence-corrected chi connectivity index (χ2v) is 8.57. The van der Waals surface area contributed by atoms with Crippen LogP contribution in [0, 0.1) is 13.8 Å². The summed E-state index contributed by atoms with van der Waals surface area (Å²) in [6.07, 6.45) is 2.15. The monoisotopic (exact) mass is 434 g/mol. The highest BCUT2D eigenvalue weighted by molar-refractivity contribution is 6.03. The standard InChI is InChI=1S/C25H30N4O3/c1-17-8-6-11-20(18(17)2)27-22(30)16-29-21-12-7-14-26-23(21)24(31)28(25(29)32)15-13-19-9-4-3-5-10-19/h3-6,8-11,21,23,26H,7,12-16H2,1-2H3,(H,27,30). The van der Waals surface area contributed by atoms with E-state index in [1.807, 2.05) is 62.4 Å². The Morgan fingerprint density at radius 1 is 1.09 bits per heavy atom. The van der Waals surface area contributed by atoms with Gasteiger partial charge in [-0.3, -0.25) is 14.5 Å². The molecule has 7 heteroatoms. The van der Waals surface area contributed by atoms with Gasteiger partial charge in [0.2, 0.25) is 11.8 Å². The summed E-state index contributed by atoms with van der Waals surface area (Å²) in [5.41, 5.74) is 3.90. The molecule has 0 saturated carbocycles. The predicted octanol–water partition coefficient (Wildman–Crippen LogP) is 2.87. The Labute approximate surface area is 188 Å². The number of piperidine rings is 1. The average molecular weight is 435 g/mol. The highest BCUT2D eigenvalue weighted by atomic mass is 16.2. The highest BCUT2D eigenvalue weighted by Crippen LogP contribution is 2.25. The minimum absolute atomic E-state index is 0.0792. The molecule has 2 aromatic rings. The molecular formula is C25H30N4O3. The van der Waals surface area contributed by atoms with Crippen LogP contribution in [0.4, 0.5) is 10.5 Å². The molecule has 2 N–H and O–H groups in total. The van der Waals surface area contributed by atoms with Crippen LogP contribution < -0.4 is 10.6 Å². The fraction of sp³-hybridized carbons (Fsp3) is 0.400. The van der Waals surface area contributed by atoms with Crippen molar-refractivity contribution in [3.8, 4) is 0 Å². The number of anilines is 1. The van der Waals surface area contributed by atoms with Gasteiger partial charge in [0.15, 0.2) is 0 Å². The van der Waals surface area contributed by atoms with Gasteiger partial charge < -0.3 is 15.5 Å². The summed E-state index contributed by atoms with van der Waals surface area (Å²) >= 11 is 0. The molecule has 2 aromatic carbocycles. The number of nitrogens with one attached hydrogen (secondary N) is 2. The maximum absolute atomic E-state index is 13.3. The van der Waals surface area contributed by atoms with Crippen LogP contribution in [0.25, 0.3) is 0 Å². The van der Waals surface area contributed by atoms with E-state index in [-0.39, 0.29) is 30.4 Å². The zero-order chi connectivity index (χ0) is 22.7. The lowest BCUT2D eigenvalue weighted by Crippen LogP contribution is -2.70. The van der Waals surface area contributed by atoms with Gasteiger partial charge in [0.25, 0.3) is 0 Å². The second kappa shape index (κ2) is 9.53. The molecule has 0 bridgehead atoms. The highest BCUT2D eigenvalue weighted by Gasteiger charge is 2.47. The van der Waals surface area contributed by atoms with Crippen LogP contribution in [-0.4, -0.2) is 59.4 Å². The van der Waals surface area contributed by atoms with Crippen LogP contribution >= 0.6 is 0 Å². The Hall–Kier alpha value is -3.19. The molecule has 168 valence electrons. The minimum Gasteiger partial charge on any atom is -0.324 e. The molecule has 2 heterocycles. The van der Waals surface area contributed by atoms with Crippen LogP contribution in [0.5, 0.6) is 0 Å². The molecule has 2 saturated heterocycles. The molecule has 0 aliphatic carbocycles. The quantitative estimate of drug-likeness (QED) is 0.733. The summed E-state index contributed by atoms with van der Waals surface area (Å²) in [6, 6.07) is 14.4. The van der Waals surface area contributed by atoms with Crippen LogP contribution in [0.3, 0.4) is 0 Å². The van der Waals surface area contributed by atoms with Crippen molar-refractivity contribution in [2.75, 3.05) is 25.0 Å². The van der Waals surface area contributed by atoms with Crippen LogP contribution in [0.15, 0.2) is 48.5 Å². The van der Waals surface area contributed by atoms with Gasteiger partial charge in [0.05, 0.1) is 6.04 Å². The number of carbonyl (C=O) groups excluding carboxylic acids is 3. The van der Waals surface area contributed by atoms with E-state index in [0.29, 0.717) is 19.4 Å². The Morgan fingerprint density at radius 3 is 2.66 bits per heavy atom. The van der Waals surface area contributed by atoms with Crippen molar-refractivity contribution in [2.24, 2.45) is 0 Å². The van der Waals surface area contributed by atoms with Gasteiger partial charge in [-0.15, -0.1) is 0 Å². The van der Waals surface area contributed by atoms with Crippen molar-refractivity contribution in [3.63, 3.8) is 0 Å². The van der Waals surface area contributed by atoms with E-state index < -0.39 is 6.04 Å². The first-order valence-corrected chi connectivity index (χ1v) is 11.2. The SMILES string of the molecule is Cc1cccc(NC(=O)CN2C(=O)N(CCc3ccccc3)C(=O)C3NCCCC32)c1C. The van der Waals surface area contributed by atoms with Crippen molar-refractivity contribution < 1.29 is 14.4 Å². The second-order valence-electron chi connectivity index (χ2n) is 8.57. The molecule has 4 amide bonds. The van der Waals surface area contributed by atoms with E-state index in [2.05, 4.69) is 10.6 Å². The molecule has 4 rings (SSSR count). The molecule has 0 spiro atoms. The van der Waals surface area contributed by atoms with Gasteiger partial charge in [-0.05, 0) is 62.4 Å². The van der Waals surface area contributed by atoms with Crippen molar-refractivity contribution in [1.29, 1.82) is 0 Å². The van der Waals surface area contributed by atoms with Crippen molar-refractivity contribution >= 4 is 23.5 Å². The Balaban J connectivity index is 1.50. The molecule has 0 radical (unpaired) electrons. The van der Waals surface area contributed by atoms with E-state index in [4.69, 9.17) is 0 Å². The zero-order valence-corrected chi connectivity index (χ0v) is 18.6. The molecular weight excluding hydrogens is 404 g/mol.